The van der Waals surface area contributed by atoms with Crippen molar-refractivity contribution in [3.05, 3.63) is 44.5 Å². The number of fused-ring (bicyclic) bond motifs is 1. The molecule has 0 radical (unpaired) electrons. The first-order valence-electron chi connectivity index (χ1n) is 7.47. The van der Waals surface area contributed by atoms with Gasteiger partial charge in [-0.05, 0) is 36.5 Å². The fourth-order valence-corrected chi connectivity index (χ4v) is 3.57. The Hall–Kier alpha value is -1.36. The second-order valence-electron chi connectivity index (χ2n) is 5.45. The standard InChI is InChI=1S/C16H21BrN2O2/c1-3-5-10(6-4-2)14(17)11-7-8-12-13(9-11)19-16(21)15(20)18-12/h7-10,14H,3-6H2,1-2H3,(H,18,20)(H,19,21). The molecular formula is C16H21BrN2O2. The van der Waals surface area contributed by atoms with Gasteiger partial charge in [0.05, 0.1) is 11.0 Å². The van der Waals surface area contributed by atoms with E-state index >= 15 is 0 Å². The van der Waals surface area contributed by atoms with E-state index < -0.39 is 11.1 Å². The fourth-order valence-electron chi connectivity index (χ4n) is 2.75. The van der Waals surface area contributed by atoms with Gasteiger partial charge >= 0.3 is 11.1 Å². The number of hydrogen-bond donors (Lipinski definition) is 2. The van der Waals surface area contributed by atoms with E-state index in [1.54, 1.807) is 0 Å². The normalized spacial score (nSPS) is 13.0. The van der Waals surface area contributed by atoms with Crippen molar-refractivity contribution in [3.63, 3.8) is 0 Å². The molecule has 5 heteroatoms. The van der Waals surface area contributed by atoms with E-state index in [1.165, 1.54) is 12.8 Å². The van der Waals surface area contributed by atoms with Gasteiger partial charge in [-0.1, -0.05) is 48.7 Å². The molecule has 1 aromatic carbocycles. The molecule has 4 nitrogen and oxygen atoms in total. The summed E-state index contributed by atoms with van der Waals surface area (Å²) in [5.74, 6) is 0.576. The minimum absolute atomic E-state index is 0.261. The Bertz CT molecular complexity index is 714. The highest BCUT2D eigenvalue weighted by Gasteiger charge is 2.19. The number of H-pyrrole nitrogens is 2. The van der Waals surface area contributed by atoms with Crippen molar-refractivity contribution in [2.24, 2.45) is 5.92 Å². The van der Waals surface area contributed by atoms with Crippen molar-refractivity contribution < 1.29 is 0 Å². The lowest BCUT2D eigenvalue weighted by atomic mass is 9.91. The number of hydrogen-bond acceptors (Lipinski definition) is 2. The molecule has 0 saturated heterocycles. The van der Waals surface area contributed by atoms with Gasteiger partial charge in [0.15, 0.2) is 0 Å². The molecule has 0 fully saturated rings. The molecule has 114 valence electrons. The van der Waals surface area contributed by atoms with Crippen molar-refractivity contribution in [2.45, 2.75) is 44.4 Å². The first-order chi connectivity index (χ1) is 10.1. The highest BCUT2D eigenvalue weighted by atomic mass is 79.9. The maximum Gasteiger partial charge on any atom is 0.314 e. The number of halogens is 1. The zero-order valence-corrected chi connectivity index (χ0v) is 14.0. The Morgan fingerprint density at radius 1 is 1.00 bits per heavy atom. The number of alkyl halides is 1. The van der Waals surface area contributed by atoms with Crippen LogP contribution in [-0.4, -0.2) is 9.97 Å². The summed E-state index contributed by atoms with van der Waals surface area (Å²) in [6, 6.07) is 5.81. The molecule has 0 aliphatic rings. The van der Waals surface area contributed by atoms with Crippen LogP contribution in [0, 0.1) is 5.92 Å². The number of benzene rings is 1. The Kier molecular flexibility index (Phi) is 5.39. The van der Waals surface area contributed by atoms with Crippen molar-refractivity contribution in [2.75, 3.05) is 0 Å². The summed E-state index contributed by atoms with van der Waals surface area (Å²) in [4.78, 5) is 28.3. The molecule has 0 spiro atoms. The summed E-state index contributed by atoms with van der Waals surface area (Å²) in [7, 11) is 0. The van der Waals surface area contributed by atoms with E-state index in [4.69, 9.17) is 0 Å². The predicted molar refractivity (Wildman–Crippen MR) is 90.2 cm³/mol. The van der Waals surface area contributed by atoms with Crippen molar-refractivity contribution in [1.29, 1.82) is 0 Å². The average molecular weight is 353 g/mol. The Labute approximate surface area is 132 Å². The fraction of sp³-hybridized carbons (Fsp3) is 0.500. The molecule has 2 aromatic rings. The molecule has 0 bridgehead atoms. The Balaban J connectivity index is 2.39. The smallest absolute Gasteiger partial charge is 0.314 e. The summed E-state index contributed by atoms with van der Waals surface area (Å²) in [6.07, 6.45) is 4.66. The highest BCUT2D eigenvalue weighted by molar-refractivity contribution is 9.09. The van der Waals surface area contributed by atoms with Crippen LogP contribution in [0.1, 0.15) is 49.9 Å². The molecule has 2 N–H and O–H groups in total. The molecule has 1 atom stereocenters. The van der Waals surface area contributed by atoms with Crippen molar-refractivity contribution in [1.82, 2.24) is 9.97 Å². The topological polar surface area (TPSA) is 65.7 Å². The lowest BCUT2D eigenvalue weighted by Gasteiger charge is -2.22. The van der Waals surface area contributed by atoms with Crippen LogP contribution in [0.5, 0.6) is 0 Å². The molecule has 0 amide bonds. The van der Waals surface area contributed by atoms with E-state index in [2.05, 4.69) is 39.7 Å². The summed E-state index contributed by atoms with van der Waals surface area (Å²) in [5.41, 5.74) is 1.25. The van der Waals surface area contributed by atoms with Crippen LogP contribution >= 0.6 is 15.9 Å². The first kappa shape index (κ1) is 16.0. The molecule has 0 saturated carbocycles. The van der Waals surface area contributed by atoms with Gasteiger partial charge in [0, 0.05) is 4.83 Å². The van der Waals surface area contributed by atoms with Crippen LogP contribution < -0.4 is 11.1 Å². The van der Waals surface area contributed by atoms with E-state index in [-0.39, 0.29) is 4.83 Å². The van der Waals surface area contributed by atoms with E-state index in [1.807, 2.05) is 18.2 Å². The van der Waals surface area contributed by atoms with Gasteiger partial charge in [-0.25, -0.2) is 0 Å². The van der Waals surface area contributed by atoms with Crippen LogP contribution in [0.3, 0.4) is 0 Å². The largest absolute Gasteiger partial charge is 0.316 e. The van der Waals surface area contributed by atoms with Crippen molar-refractivity contribution in [3.8, 4) is 0 Å². The molecule has 2 rings (SSSR count). The van der Waals surface area contributed by atoms with Gasteiger partial charge in [0.2, 0.25) is 0 Å². The number of nitrogens with one attached hydrogen (secondary N) is 2. The van der Waals surface area contributed by atoms with E-state index in [0.717, 1.165) is 18.4 Å². The molecule has 1 aromatic heterocycles. The maximum absolute atomic E-state index is 11.4. The van der Waals surface area contributed by atoms with Crippen molar-refractivity contribution >= 4 is 27.0 Å². The number of aromatic amines is 2. The van der Waals surface area contributed by atoms with Crippen LogP contribution in [0.15, 0.2) is 27.8 Å². The first-order valence-corrected chi connectivity index (χ1v) is 8.38. The lowest BCUT2D eigenvalue weighted by Crippen LogP contribution is -2.28. The summed E-state index contributed by atoms with van der Waals surface area (Å²) in [6.45, 7) is 4.40. The van der Waals surface area contributed by atoms with Gasteiger partial charge < -0.3 is 9.97 Å². The molecule has 21 heavy (non-hydrogen) atoms. The summed E-state index contributed by atoms with van der Waals surface area (Å²) < 4.78 is 0. The summed E-state index contributed by atoms with van der Waals surface area (Å²) in [5, 5.41) is 0. The zero-order valence-electron chi connectivity index (χ0n) is 12.4. The van der Waals surface area contributed by atoms with Gasteiger partial charge in [0.1, 0.15) is 0 Å². The van der Waals surface area contributed by atoms with E-state index in [9.17, 15) is 9.59 Å². The predicted octanol–water partition coefficient (Wildman–Crippen LogP) is 3.87. The van der Waals surface area contributed by atoms with Crippen LogP contribution in [0.4, 0.5) is 0 Å². The Morgan fingerprint density at radius 3 is 2.14 bits per heavy atom. The maximum atomic E-state index is 11.4. The quantitative estimate of drug-likeness (QED) is 0.612. The van der Waals surface area contributed by atoms with Crippen LogP contribution in [0.25, 0.3) is 11.0 Å². The lowest BCUT2D eigenvalue weighted by molar-refractivity contribution is 0.435. The molecule has 0 aliphatic heterocycles. The minimum atomic E-state index is -0.611. The van der Waals surface area contributed by atoms with E-state index in [0.29, 0.717) is 17.0 Å². The number of aromatic nitrogens is 2. The second-order valence-corrected chi connectivity index (χ2v) is 6.44. The SMILES string of the molecule is CCCC(CCC)C(Br)c1ccc2[nH]c(=O)c(=O)[nH]c2c1. The zero-order chi connectivity index (χ0) is 15.4. The van der Waals surface area contributed by atoms with Crippen LogP contribution in [-0.2, 0) is 0 Å². The minimum Gasteiger partial charge on any atom is -0.316 e. The second kappa shape index (κ2) is 7.07. The third-order valence-corrected chi connectivity index (χ3v) is 5.07. The molecule has 1 unspecified atom stereocenters. The third-order valence-electron chi connectivity index (χ3n) is 3.80. The summed E-state index contributed by atoms with van der Waals surface area (Å²) >= 11 is 3.81. The molecular weight excluding hydrogens is 332 g/mol. The van der Waals surface area contributed by atoms with Gasteiger partial charge in [-0.15, -0.1) is 0 Å². The molecule has 0 aliphatic carbocycles. The average Bonchev–Trinajstić information content (AvgIpc) is 2.47. The van der Waals surface area contributed by atoms with Crippen LogP contribution in [0.2, 0.25) is 0 Å². The van der Waals surface area contributed by atoms with Gasteiger partial charge in [0.25, 0.3) is 0 Å². The van der Waals surface area contributed by atoms with Gasteiger partial charge in [-0.2, -0.15) is 0 Å². The Morgan fingerprint density at radius 2 is 1.57 bits per heavy atom. The highest BCUT2D eigenvalue weighted by Crippen LogP contribution is 2.37. The molecule has 1 heterocycles. The van der Waals surface area contributed by atoms with Gasteiger partial charge in [-0.3, -0.25) is 9.59 Å². The number of rotatable bonds is 6. The third kappa shape index (κ3) is 3.64. The monoisotopic (exact) mass is 352 g/mol.